The number of piperidine rings is 1. The number of carbonyl (C=O) groups excluding carboxylic acids is 1. The Morgan fingerprint density at radius 2 is 2.00 bits per heavy atom. The van der Waals surface area contributed by atoms with Crippen molar-refractivity contribution in [2.45, 2.75) is 25.8 Å². The van der Waals surface area contributed by atoms with Gasteiger partial charge in [-0.05, 0) is 37.0 Å². The molecular weight excluding hydrogens is 256 g/mol. The zero-order valence-corrected chi connectivity index (χ0v) is 11.9. The van der Waals surface area contributed by atoms with Gasteiger partial charge >= 0.3 is 0 Å². The number of carbonyl (C=O) groups is 1. The summed E-state index contributed by atoms with van der Waals surface area (Å²) in [4.78, 5) is 13.9. The van der Waals surface area contributed by atoms with Crippen molar-refractivity contribution < 1.29 is 14.3 Å². The van der Waals surface area contributed by atoms with Gasteiger partial charge in [0.05, 0.1) is 7.11 Å². The van der Waals surface area contributed by atoms with E-state index in [1.807, 2.05) is 23.1 Å². The Morgan fingerprint density at radius 3 is 2.65 bits per heavy atom. The van der Waals surface area contributed by atoms with E-state index in [1.165, 1.54) is 6.42 Å². The van der Waals surface area contributed by atoms with Crippen LogP contribution < -0.4 is 15.2 Å². The molecular formula is C15H22N2O3. The van der Waals surface area contributed by atoms with Gasteiger partial charge in [-0.1, -0.05) is 6.07 Å². The van der Waals surface area contributed by atoms with Gasteiger partial charge in [-0.25, -0.2) is 0 Å². The quantitative estimate of drug-likeness (QED) is 0.887. The highest BCUT2D eigenvalue weighted by molar-refractivity contribution is 5.78. The zero-order valence-electron chi connectivity index (χ0n) is 11.9. The fraction of sp³-hybridized carbons (Fsp3) is 0.533. The molecule has 0 bridgehead atoms. The third-order valence-electron chi connectivity index (χ3n) is 3.52. The summed E-state index contributed by atoms with van der Waals surface area (Å²) >= 11 is 0. The van der Waals surface area contributed by atoms with Crippen molar-refractivity contribution >= 4 is 5.91 Å². The van der Waals surface area contributed by atoms with E-state index in [4.69, 9.17) is 15.2 Å². The number of ether oxygens (including phenoxy) is 2. The van der Waals surface area contributed by atoms with Crippen LogP contribution in [0.3, 0.4) is 0 Å². The Morgan fingerprint density at radius 1 is 1.25 bits per heavy atom. The predicted molar refractivity (Wildman–Crippen MR) is 76.8 cm³/mol. The molecule has 1 aliphatic heterocycles. The molecule has 2 N–H and O–H groups in total. The lowest BCUT2D eigenvalue weighted by Crippen LogP contribution is -2.38. The molecule has 20 heavy (non-hydrogen) atoms. The standard InChI is InChI=1S/C15H22N2O3/c1-19-13-6-5-12(10-16)9-14(13)20-11-15(18)17-7-3-2-4-8-17/h5-6,9H,2-4,7-8,10-11,16H2,1H3. The van der Waals surface area contributed by atoms with E-state index in [0.717, 1.165) is 31.5 Å². The zero-order chi connectivity index (χ0) is 14.4. The number of benzene rings is 1. The molecule has 1 heterocycles. The molecule has 0 atom stereocenters. The van der Waals surface area contributed by atoms with E-state index in [-0.39, 0.29) is 12.5 Å². The van der Waals surface area contributed by atoms with Crippen LogP contribution in [0.1, 0.15) is 24.8 Å². The fourth-order valence-corrected chi connectivity index (χ4v) is 2.33. The number of methoxy groups -OCH3 is 1. The summed E-state index contributed by atoms with van der Waals surface area (Å²) in [5.41, 5.74) is 6.56. The molecule has 0 aromatic heterocycles. The third kappa shape index (κ3) is 3.63. The summed E-state index contributed by atoms with van der Waals surface area (Å²) in [6.07, 6.45) is 3.37. The van der Waals surface area contributed by atoms with E-state index < -0.39 is 0 Å². The maximum atomic E-state index is 12.1. The minimum atomic E-state index is 0.0323. The van der Waals surface area contributed by atoms with Gasteiger partial charge in [-0.15, -0.1) is 0 Å². The Balaban J connectivity index is 1.96. The molecule has 1 saturated heterocycles. The molecule has 5 nitrogen and oxygen atoms in total. The molecule has 0 saturated carbocycles. The van der Waals surface area contributed by atoms with Crippen LogP contribution in [0.25, 0.3) is 0 Å². The predicted octanol–water partition coefficient (Wildman–Crippen LogP) is 1.55. The second-order valence-electron chi connectivity index (χ2n) is 4.92. The van der Waals surface area contributed by atoms with Crippen molar-refractivity contribution in [2.75, 3.05) is 26.8 Å². The SMILES string of the molecule is COc1ccc(CN)cc1OCC(=O)N1CCCCC1. The first kappa shape index (κ1) is 14.7. The van der Waals surface area contributed by atoms with E-state index in [1.54, 1.807) is 7.11 Å². The number of rotatable bonds is 5. The molecule has 0 radical (unpaired) electrons. The number of hydrogen-bond donors (Lipinski definition) is 1. The summed E-state index contributed by atoms with van der Waals surface area (Å²) in [6, 6.07) is 5.52. The summed E-state index contributed by atoms with van der Waals surface area (Å²) in [5.74, 6) is 1.22. The minimum Gasteiger partial charge on any atom is -0.493 e. The Kier molecular flexibility index (Phi) is 5.24. The first-order valence-electron chi connectivity index (χ1n) is 7.02. The molecule has 2 rings (SSSR count). The van der Waals surface area contributed by atoms with E-state index in [9.17, 15) is 4.79 Å². The maximum absolute atomic E-state index is 12.1. The van der Waals surface area contributed by atoms with Gasteiger partial charge in [0.15, 0.2) is 18.1 Å². The van der Waals surface area contributed by atoms with Crippen molar-refractivity contribution in [2.24, 2.45) is 5.73 Å². The van der Waals surface area contributed by atoms with Crippen LogP contribution in [0.2, 0.25) is 0 Å². The lowest BCUT2D eigenvalue weighted by Gasteiger charge is -2.26. The molecule has 110 valence electrons. The first-order chi connectivity index (χ1) is 9.74. The second-order valence-corrected chi connectivity index (χ2v) is 4.92. The molecule has 0 spiro atoms. The molecule has 1 aromatic carbocycles. The molecule has 1 fully saturated rings. The summed E-state index contributed by atoms with van der Waals surface area (Å²) < 4.78 is 10.8. The third-order valence-corrected chi connectivity index (χ3v) is 3.52. The number of nitrogens with two attached hydrogens (primary N) is 1. The Hall–Kier alpha value is -1.75. The summed E-state index contributed by atoms with van der Waals surface area (Å²) in [5, 5.41) is 0. The number of nitrogens with zero attached hydrogens (tertiary/aromatic N) is 1. The monoisotopic (exact) mass is 278 g/mol. The Bertz CT molecular complexity index is 456. The number of amides is 1. The van der Waals surface area contributed by atoms with Crippen LogP contribution in [0.15, 0.2) is 18.2 Å². The number of likely N-dealkylation sites (tertiary alicyclic amines) is 1. The summed E-state index contributed by atoms with van der Waals surface area (Å²) in [7, 11) is 1.58. The topological polar surface area (TPSA) is 64.8 Å². The van der Waals surface area contributed by atoms with Gasteiger partial charge in [-0.2, -0.15) is 0 Å². The molecule has 0 unspecified atom stereocenters. The molecule has 1 aliphatic rings. The lowest BCUT2D eigenvalue weighted by molar-refractivity contribution is -0.134. The highest BCUT2D eigenvalue weighted by Gasteiger charge is 2.17. The fourth-order valence-electron chi connectivity index (χ4n) is 2.33. The van der Waals surface area contributed by atoms with Crippen LogP contribution in [0, 0.1) is 0 Å². The second kappa shape index (κ2) is 7.14. The molecule has 5 heteroatoms. The van der Waals surface area contributed by atoms with Crippen molar-refractivity contribution in [1.82, 2.24) is 4.90 Å². The largest absolute Gasteiger partial charge is 0.493 e. The highest BCUT2D eigenvalue weighted by atomic mass is 16.5. The number of hydrogen-bond acceptors (Lipinski definition) is 4. The molecule has 0 aliphatic carbocycles. The van der Waals surface area contributed by atoms with Crippen LogP contribution in [0.4, 0.5) is 0 Å². The average Bonchev–Trinajstić information content (AvgIpc) is 2.53. The molecule has 1 amide bonds. The first-order valence-corrected chi connectivity index (χ1v) is 7.02. The summed E-state index contributed by atoms with van der Waals surface area (Å²) in [6.45, 7) is 2.15. The smallest absolute Gasteiger partial charge is 0.260 e. The van der Waals surface area contributed by atoms with Crippen molar-refractivity contribution in [1.29, 1.82) is 0 Å². The van der Waals surface area contributed by atoms with Gasteiger partial charge in [0.25, 0.3) is 5.91 Å². The van der Waals surface area contributed by atoms with Crippen LogP contribution in [0.5, 0.6) is 11.5 Å². The van der Waals surface area contributed by atoms with Crippen molar-refractivity contribution in [3.8, 4) is 11.5 Å². The average molecular weight is 278 g/mol. The van der Waals surface area contributed by atoms with Gasteiger partial charge in [-0.3, -0.25) is 4.79 Å². The van der Waals surface area contributed by atoms with Crippen LogP contribution in [-0.2, 0) is 11.3 Å². The van der Waals surface area contributed by atoms with Crippen molar-refractivity contribution in [3.05, 3.63) is 23.8 Å². The minimum absolute atomic E-state index is 0.0323. The highest BCUT2D eigenvalue weighted by Crippen LogP contribution is 2.28. The van der Waals surface area contributed by atoms with Gasteiger partial charge < -0.3 is 20.1 Å². The Labute approximate surface area is 119 Å². The van der Waals surface area contributed by atoms with Gasteiger partial charge in [0, 0.05) is 19.6 Å². The lowest BCUT2D eigenvalue weighted by atomic mass is 10.1. The van der Waals surface area contributed by atoms with Crippen molar-refractivity contribution in [3.63, 3.8) is 0 Å². The van der Waals surface area contributed by atoms with Gasteiger partial charge in [0.2, 0.25) is 0 Å². The normalized spacial score (nSPS) is 15.0. The van der Waals surface area contributed by atoms with E-state index in [0.29, 0.717) is 18.0 Å². The molecule has 1 aromatic rings. The van der Waals surface area contributed by atoms with Crippen LogP contribution in [-0.4, -0.2) is 37.6 Å². The maximum Gasteiger partial charge on any atom is 0.260 e. The van der Waals surface area contributed by atoms with E-state index in [2.05, 4.69) is 0 Å². The van der Waals surface area contributed by atoms with Crippen LogP contribution >= 0.6 is 0 Å². The van der Waals surface area contributed by atoms with Gasteiger partial charge in [0.1, 0.15) is 0 Å². The van der Waals surface area contributed by atoms with E-state index >= 15 is 0 Å².